The van der Waals surface area contributed by atoms with E-state index in [-0.39, 0.29) is 30.6 Å². The summed E-state index contributed by atoms with van der Waals surface area (Å²) >= 11 is 0. The third-order valence-electron chi connectivity index (χ3n) is 4.17. The molecule has 1 N–H and O–H groups in total. The molecule has 1 aliphatic heterocycles. The van der Waals surface area contributed by atoms with Crippen molar-refractivity contribution in [2.45, 2.75) is 45.3 Å². The van der Waals surface area contributed by atoms with Crippen LogP contribution in [0, 0.1) is 11.6 Å². The second-order valence-corrected chi connectivity index (χ2v) is 6.05. The van der Waals surface area contributed by atoms with Crippen molar-refractivity contribution in [2.24, 2.45) is 0 Å². The molecular weight excluding hydrogens is 302 g/mol. The third kappa shape index (κ3) is 4.26. The fraction of sp³-hybridized carbons (Fsp3) is 0.588. The van der Waals surface area contributed by atoms with Crippen LogP contribution in [0.1, 0.15) is 38.8 Å². The Kier molecular flexibility index (Phi) is 6.07. The summed E-state index contributed by atoms with van der Waals surface area (Å²) in [6, 6.07) is 3.88. The number of carbonyl (C=O) groups excluding carboxylic acids is 1. The maximum absolute atomic E-state index is 13.6. The van der Waals surface area contributed by atoms with E-state index < -0.39 is 11.6 Å². The van der Waals surface area contributed by atoms with E-state index in [1.165, 1.54) is 6.07 Å². The van der Waals surface area contributed by atoms with Crippen LogP contribution in [0.4, 0.5) is 8.78 Å². The fourth-order valence-electron chi connectivity index (χ4n) is 3.11. The Morgan fingerprint density at radius 2 is 2.13 bits per heavy atom. The molecule has 0 spiro atoms. The van der Waals surface area contributed by atoms with Gasteiger partial charge in [-0.15, -0.1) is 0 Å². The van der Waals surface area contributed by atoms with Gasteiger partial charge in [0.15, 0.2) is 11.6 Å². The van der Waals surface area contributed by atoms with Gasteiger partial charge in [0.25, 0.3) is 0 Å². The SMILES string of the molecule is CCOCC(=O)N[C@@H]1CCN(C(C)C)[C@H]1c1ccc(F)c(F)c1. The minimum absolute atomic E-state index is 0.0131. The number of hydrogen-bond acceptors (Lipinski definition) is 3. The molecular formula is C17H24F2N2O2. The quantitative estimate of drug-likeness (QED) is 0.874. The lowest BCUT2D eigenvalue weighted by atomic mass is 9.99. The molecule has 0 radical (unpaired) electrons. The topological polar surface area (TPSA) is 41.6 Å². The van der Waals surface area contributed by atoms with Gasteiger partial charge in [0.05, 0.1) is 6.04 Å². The summed E-state index contributed by atoms with van der Waals surface area (Å²) in [7, 11) is 0. The molecule has 1 saturated heterocycles. The van der Waals surface area contributed by atoms with Crippen LogP contribution in [0.25, 0.3) is 0 Å². The van der Waals surface area contributed by atoms with Crippen molar-refractivity contribution in [3.05, 3.63) is 35.4 Å². The Bertz CT molecular complexity index is 551. The molecule has 2 atom stereocenters. The molecule has 128 valence electrons. The smallest absolute Gasteiger partial charge is 0.246 e. The lowest BCUT2D eigenvalue weighted by Crippen LogP contribution is -2.42. The highest BCUT2D eigenvalue weighted by Gasteiger charge is 2.37. The second kappa shape index (κ2) is 7.84. The minimum Gasteiger partial charge on any atom is -0.372 e. The van der Waals surface area contributed by atoms with E-state index >= 15 is 0 Å². The van der Waals surface area contributed by atoms with Crippen LogP contribution in [-0.4, -0.2) is 42.6 Å². The highest BCUT2D eigenvalue weighted by molar-refractivity contribution is 5.77. The van der Waals surface area contributed by atoms with Crippen LogP contribution in [0.2, 0.25) is 0 Å². The van der Waals surface area contributed by atoms with Gasteiger partial charge in [-0.25, -0.2) is 8.78 Å². The Morgan fingerprint density at radius 1 is 1.39 bits per heavy atom. The molecule has 0 aliphatic carbocycles. The number of hydrogen-bond donors (Lipinski definition) is 1. The molecule has 1 aromatic rings. The van der Waals surface area contributed by atoms with Crippen molar-refractivity contribution in [1.82, 2.24) is 10.2 Å². The predicted octanol–water partition coefficient (Wildman–Crippen LogP) is 2.64. The number of nitrogens with one attached hydrogen (secondary N) is 1. The van der Waals surface area contributed by atoms with Crippen LogP contribution in [0.5, 0.6) is 0 Å². The van der Waals surface area contributed by atoms with Crippen molar-refractivity contribution >= 4 is 5.91 Å². The van der Waals surface area contributed by atoms with Crippen LogP contribution >= 0.6 is 0 Å². The molecule has 1 aliphatic rings. The average Bonchev–Trinajstić information content (AvgIpc) is 2.91. The maximum atomic E-state index is 13.6. The summed E-state index contributed by atoms with van der Waals surface area (Å²) in [6.07, 6.45) is 0.764. The Hall–Kier alpha value is -1.53. The third-order valence-corrected chi connectivity index (χ3v) is 4.17. The van der Waals surface area contributed by atoms with Crippen molar-refractivity contribution in [2.75, 3.05) is 19.8 Å². The molecule has 0 saturated carbocycles. The van der Waals surface area contributed by atoms with Gasteiger partial charge in [-0.2, -0.15) is 0 Å². The minimum atomic E-state index is -0.863. The predicted molar refractivity (Wildman–Crippen MR) is 84.0 cm³/mol. The molecule has 1 heterocycles. The number of halogens is 2. The normalized spacial score (nSPS) is 21.8. The zero-order valence-electron chi connectivity index (χ0n) is 13.8. The van der Waals surface area contributed by atoms with Crippen molar-refractivity contribution < 1.29 is 18.3 Å². The molecule has 1 aromatic carbocycles. The number of benzene rings is 1. The van der Waals surface area contributed by atoms with E-state index in [1.54, 1.807) is 6.07 Å². The second-order valence-electron chi connectivity index (χ2n) is 6.05. The highest BCUT2D eigenvalue weighted by atomic mass is 19.2. The maximum Gasteiger partial charge on any atom is 0.246 e. The summed E-state index contributed by atoms with van der Waals surface area (Å²) in [5.74, 6) is -1.91. The molecule has 4 nitrogen and oxygen atoms in total. The van der Waals surface area contributed by atoms with Gasteiger partial charge in [0.2, 0.25) is 5.91 Å². The van der Waals surface area contributed by atoms with Gasteiger partial charge in [-0.05, 0) is 44.9 Å². The number of likely N-dealkylation sites (tertiary alicyclic amines) is 1. The summed E-state index contributed by atoms with van der Waals surface area (Å²) in [6.45, 7) is 7.21. The molecule has 2 rings (SSSR count). The fourth-order valence-corrected chi connectivity index (χ4v) is 3.11. The Morgan fingerprint density at radius 3 is 2.74 bits per heavy atom. The Balaban J connectivity index is 2.20. The molecule has 0 unspecified atom stereocenters. The van der Waals surface area contributed by atoms with Gasteiger partial charge in [0.1, 0.15) is 6.61 Å². The van der Waals surface area contributed by atoms with Crippen LogP contribution in [-0.2, 0) is 9.53 Å². The van der Waals surface area contributed by atoms with Crippen LogP contribution in [0.3, 0.4) is 0 Å². The van der Waals surface area contributed by atoms with Crippen molar-refractivity contribution in [3.63, 3.8) is 0 Å². The van der Waals surface area contributed by atoms with Crippen LogP contribution in [0.15, 0.2) is 18.2 Å². The van der Waals surface area contributed by atoms with Gasteiger partial charge >= 0.3 is 0 Å². The standard InChI is InChI=1S/C17H24F2N2O2/c1-4-23-10-16(22)20-15-7-8-21(11(2)3)17(15)12-5-6-13(18)14(19)9-12/h5-6,9,11,15,17H,4,7-8,10H2,1-3H3,(H,20,22)/t15-,17+/m1/s1. The largest absolute Gasteiger partial charge is 0.372 e. The van der Waals surface area contributed by atoms with Gasteiger partial charge in [-0.1, -0.05) is 6.07 Å². The number of rotatable bonds is 6. The van der Waals surface area contributed by atoms with E-state index in [1.807, 2.05) is 6.92 Å². The highest BCUT2D eigenvalue weighted by Crippen LogP contribution is 2.34. The van der Waals surface area contributed by atoms with E-state index in [2.05, 4.69) is 24.1 Å². The first-order valence-corrected chi connectivity index (χ1v) is 8.01. The Labute approximate surface area is 135 Å². The molecule has 0 bridgehead atoms. The molecule has 23 heavy (non-hydrogen) atoms. The van der Waals surface area contributed by atoms with E-state index in [9.17, 15) is 13.6 Å². The average molecular weight is 326 g/mol. The number of carbonyl (C=O) groups is 1. The van der Waals surface area contributed by atoms with Crippen molar-refractivity contribution in [1.29, 1.82) is 0 Å². The summed E-state index contributed by atoms with van der Waals surface area (Å²) < 4.78 is 31.9. The monoisotopic (exact) mass is 326 g/mol. The van der Waals surface area contributed by atoms with Gasteiger partial charge < -0.3 is 10.1 Å². The number of ether oxygens (including phenoxy) is 1. The first-order valence-electron chi connectivity index (χ1n) is 8.01. The number of nitrogens with zero attached hydrogens (tertiary/aromatic N) is 1. The molecule has 6 heteroatoms. The van der Waals surface area contributed by atoms with Gasteiger partial charge in [0, 0.05) is 25.2 Å². The van der Waals surface area contributed by atoms with Crippen LogP contribution < -0.4 is 5.32 Å². The lowest BCUT2D eigenvalue weighted by molar-refractivity contribution is -0.126. The van der Waals surface area contributed by atoms with Crippen molar-refractivity contribution in [3.8, 4) is 0 Å². The number of amides is 1. The zero-order valence-corrected chi connectivity index (χ0v) is 13.8. The summed E-state index contributed by atoms with van der Waals surface area (Å²) in [5.41, 5.74) is 0.678. The molecule has 0 aromatic heterocycles. The summed E-state index contributed by atoms with van der Waals surface area (Å²) in [5, 5.41) is 2.96. The van der Waals surface area contributed by atoms with E-state index in [4.69, 9.17) is 4.74 Å². The first kappa shape index (κ1) is 17.8. The summed E-state index contributed by atoms with van der Waals surface area (Å²) in [4.78, 5) is 14.1. The lowest BCUT2D eigenvalue weighted by Gasteiger charge is -2.32. The van der Waals surface area contributed by atoms with E-state index in [0.717, 1.165) is 19.0 Å². The molecule has 1 fully saturated rings. The first-order chi connectivity index (χ1) is 10.9. The van der Waals surface area contributed by atoms with E-state index in [0.29, 0.717) is 12.2 Å². The zero-order chi connectivity index (χ0) is 17.0. The van der Waals surface area contributed by atoms with Gasteiger partial charge in [-0.3, -0.25) is 9.69 Å². The molecule has 1 amide bonds.